The third-order valence-electron chi connectivity index (χ3n) is 4.97. The Morgan fingerprint density at radius 3 is 2.79 bits per heavy atom. The molecule has 1 aliphatic heterocycles. The van der Waals surface area contributed by atoms with Crippen molar-refractivity contribution in [3.05, 3.63) is 71.3 Å². The number of likely N-dealkylation sites (tertiary alicyclic amines) is 1. The third-order valence-corrected chi connectivity index (χ3v) is 4.97. The minimum absolute atomic E-state index is 0.372. The van der Waals surface area contributed by atoms with Crippen LogP contribution in [0.25, 0.3) is 0 Å². The Labute approximate surface area is 165 Å². The lowest BCUT2D eigenvalue weighted by molar-refractivity contribution is 0.0907. The summed E-state index contributed by atoms with van der Waals surface area (Å²) in [4.78, 5) is 6.52. The topological polar surface area (TPSA) is 36.9 Å². The number of benzene rings is 2. The zero-order valence-corrected chi connectivity index (χ0v) is 16.2. The maximum absolute atomic E-state index is 13.7. The average Bonchev–Trinajstić information content (AvgIpc) is 3.18. The molecule has 1 heterocycles. The molecule has 1 saturated heterocycles. The van der Waals surface area contributed by atoms with Gasteiger partial charge in [0.1, 0.15) is 0 Å². The van der Waals surface area contributed by atoms with Gasteiger partial charge in [-0.05, 0) is 30.0 Å². The van der Waals surface area contributed by atoms with Crippen LogP contribution in [-0.2, 0) is 17.8 Å². The van der Waals surface area contributed by atoms with E-state index in [0.717, 1.165) is 38.1 Å². The van der Waals surface area contributed by atoms with Crippen LogP contribution in [0.2, 0.25) is 0 Å². The van der Waals surface area contributed by atoms with Gasteiger partial charge in [0.05, 0.1) is 13.2 Å². The molecule has 0 aromatic heterocycles. The summed E-state index contributed by atoms with van der Waals surface area (Å²) in [5.74, 6) is -0.318. The summed E-state index contributed by atoms with van der Waals surface area (Å²) in [5, 5.41) is 3.26. The van der Waals surface area contributed by atoms with E-state index in [1.54, 1.807) is 13.1 Å². The molecule has 150 valence electrons. The molecular weight excluding hydrogens is 360 g/mol. The van der Waals surface area contributed by atoms with E-state index in [2.05, 4.69) is 27.3 Å². The predicted octanol–water partition coefficient (Wildman–Crippen LogP) is 3.62. The van der Waals surface area contributed by atoms with Gasteiger partial charge in [0, 0.05) is 32.6 Å². The third kappa shape index (κ3) is 5.52. The summed E-state index contributed by atoms with van der Waals surface area (Å²) >= 11 is 0. The summed E-state index contributed by atoms with van der Waals surface area (Å²) in [6.07, 6.45) is 1.45. The summed E-state index contributed by atoms with van der Waals surface area (Å²) in [7, 11) is 1.74. The minimum Gasteiger partial charge on any atom is -0.376 e. The van der Waals surface area contributed by atoms with Gasteiger partial charge in [0.15, 0.2) is 17.6 Å². The lowest BCUT2D eigenvalue weighted by atomic mass is 10.1. The molecule has 0 radical (unpaired) electrons. The molecule has 1 unspecified atom stereocenters. The molecule has 2 aromatic carbocycles. The molecule has 0 amide bonds. The highest BCUT2D eigenvalue weighted by atomic mass is 19.2. The quantitative estimate of drug-likeness (QED) is 0.582. The van der Waals surface area contributed by atoms with Crippen molar-refractivity contribution in [1.82, 2.24) is 10.2 Å². The average molecular weight is 387 g/mol. The first-order valence-corrected chi connectivity index (χ1v) is 9.67. The van der Waals surface area contributed by atoms with Crippen molar-refractivity contribution in [1.29, 1.82) is 0 Å². The number of nitrogens with zero attached hydrogens (tertiary/aromatic N) is 2. The molecule has 0 bridgehead atoms. The smallest absolute Gasteiger partial charge is 0.193 e. The van der Waals surface area contributed by atoms with Crippen molar-refractivity contribution in [2.24, 2.45) is 10.9 Å². The van der Waals surface area contributed by atoms with Crippen molar-refractivity contribution in [3.63, 3.8) is 0 Å². The predicted molar refractivity (Wildman–Crippen MR) is 107 cm³/mol. The van der Waals surface area contributed by atoms with Crippen molar-refractivity contribution in [2.75, 3.05) is 33.3 Å². The first-order chi connectivity index (χ1) is 13.7. The SMILES string of the molecule is CN=C(NCCc1cccc(F)c1F)N1CCC(COCc2ccccc2)C1. The Morgan fingerprint density at radius 2 is 2.00 bits per heavy atom. The van der Waals surface area contributed by atoms with Crippen molar-refractivity contribution in [2.45, 2.75) is 19.4 Å². The second-order valence-corrected chi connectivity index (χ2v) is 7.04. The van der Waals surface area contributed by atoms with E-state index in [1.807, 2.05) is 18.2 Å². The van der Waals surface area contributed by atoms with Crippen LogP contribution >= 0.6 is 0 Å². The number of hydrogen-bond acceptors (Lipinski definition) is 2. The highest BCUT2D eigenvalue weighted by Crippen LogP contribution is 2.17. The van der Waals surface area contributed by atoms with E-state index in [4.69, 9.17) is 4.74 Å². The fraction of sp³-hybridized carbons (Fsp3) is 0.409. The second-order valence-electron chi connectivity index (χ2n) is 7.04. The molecule has 1 fully saturated rings. The summed E-state index contributed by atoms with van der Waals surface area (Å²) < 4.78 is 32.9. The Morgan fingerprint density at radius 1 is 1.18 bits per heavy atom. The van der Waals surface area contributed by atoms with Gasteiger partial charge >= 0.3 is 0 Å². The van der Waals surface area contributed by atoms with Crippen LogP contribution in [0, 0.1) is 17.6 Å². The van der Waals surface area contributed by atoms with Crippen molar-refractivity contribution < 1.29 is 13.5 Å². The van der Waals surface area contributed by atoms with Gasteiger partial charge in [0.2, 0.25) is 0 Å². The molecule has 6 heteroatoms. The first kappa shape index (κ1) is 20.3. The molecule has 3 rings (SSSR count). The van der Waals surface area contributed by atoms with Crippen molar-refractivity contribution in [3.8, 4) is 0 Å². The highest BCUT2D eigenvalue weighted by Gasteiger charge is 2.25. The first-order valence-electron chi connectivity index (χ1n) is 9.67. The number of guanidine groups is 1. The van der Waals surface area contributed by atoms with Gasteiger partial charge in [-0.2, -0.15) is 0 Å². The number of aliphatic imine (C=N–C) groups is 1. The summed E-state index contributed by atoms with van der Waals surface area (Å²) in [6, 6.07) is 14.4. The van der Waals surface area contributed by atoms with E-state index in [0.29, 0.717) is 31.1 Å². The summed E-state index contributed by atoms with van der Waals surface area (Å²) in [6.45, 7) is 3.63. The number of rotatable bonds is 7. The van der Waals surface area contributed by atoms with E-state index in [1.165, 1.54) is 11.6 Å². The van der Waals surface area contributed by atoms with Gasteiger partial charge in [-0.3, -0.25) is 4.99 Å². The largest absolute Gasteiger partial charge is 0.376 e. The zero-order chi connectivity index (χ0) is 19.8. The molecule has 1 aliphatic rings. The number of hydrogen-bond donors (Lipinski definition) is 1. The van der Waals surface area contributed by atoms with Gasteiger partial charge in [-0.1, -0.05) is 42.5 Å². The van der Waals surface area contributed by atoms with Gasteiger partial charge in [0.25, 0.3) is 0 Å². The molecule has 0 saturated carbocycles. The standard InChI is InChI=1S/C22H27F2N3O/c1-25-22(26-12-10-19-8-5-9-20(23)21(19)24)27-13-11-18(14-27)16-28-15-17-6-3-2-4-7-17/h2-9,18H,10-16H2,1H3,(H,25,26). The lowest BCUT2D eigenvalue weighted by Gasteiger charge is -2.22. The lowest BCUT2D eigenvalue weighted by Crippen LogP contribution is -2.41. The fourth-order valence-corrected chi connectivity index (χ4v) is 3.46. The second kappa shape index (κ2) is 10.2. The Hall–Kier alpha value is -2.47. The van der Waals surface area contributed by atoms with Crippen LogP contribution in [0.5, 0.6) is 0 Å². The maximum Gasteiger partial charge on any atom is 0.193 e. The van der Waals surface area contributed by atoms with Crippen molar-refractivity contribution >= 4 is 5.96 Å². The van der Waals surface area contributed by atoms with Gasteiger partial charge in [-0.15, -0.1) is 0 Å². The minimum atomic E-state index is -0.806. The van der Waals surface area contributed by atoms with Crippen LogP contribution in [0.1, 0.15) is 17.5 Å². The molecular formula is C22H27F2N3O. The molecule has 4 nitrogen and oxygen atoms in total. The van der Waals surface area contributed by atoms with Crippen LogP contribution in [0.15, 0.2) is 53.5 Å². The Bertz CT molecular complexity index is 783. The number of halogens is 2. The van der Waals surface area contributed by atoms with Gasteiger partial charge < -0.3 is 15.0 Å². The molecule has 0 aliphatic carbocycles. The Balaban J connectivity index is 1.41. The fourth-order valence-electron chi connectivity index (χ4n) is 3.46. The van der Waals surface area contributed by atoms with E-state index in [9.17, 15) is 8.78 Å². The van der Waals surface area contributed by atoms with E-state index >= 15 is 0 Å². The highest BCUT2D eigenvalue weighted by molar-refractivity contribution is 5.80. The number of ether oxygens (including phenoxy) is 1. The number of nitrogens with one attached hydrogen (secondary N) is 1. The molecule has 1 atom stereocenters. The molecule has 2 aromatic rings. The molecule has 1 N–H and O–H groups in total. The van der Waals surface area contributed by atoms with E-state index in [-0.39, 0.29) is 0 Å². The molecule has 0 spiro atoms. The van der Waals surface area contributed by atoms with Gasteiger partial charge in [-0.25, -0.2) is 8.78 Å². The Kier molecular flexibility index (Phi) is 7.37. The monoisotopic (exact) mass is 387 g/mol. The normalized spacial score (nSPS) is 17.2. The van der Waals surface area contributed by atoms with Crippen LogP contribution in [0.4, 0.5) is 8.78 Å². The van der Waals surface area contributed by atoms with Crippen LogP contribution < -0.4 is 5.32 Å². The molecule has 28 heavy (non-hydrogen) atoms. The summed E-state index contributed by atoms with van der Waals surface area (Å²) in [5.41, 5.74) is 1.55. The zero-order valence-electron chi connectivity index (χ0n) is 16.2. The maximum atomic E-state index is 13.7. The van der Waals surface area contributed by atoms with Crippen LogP contribution in [-0.4, -0.2) is 44.1 Å². The van der Waals surface area contributed by atoms with E-state index < -0.39 is 11.6 Å². The van der Waals surface area contributed by atoms with Crippen LogP contribution in [0.3, 0.4) is 0 Å².